The van der Waals surface area contributed by atoms with Crippen LogP contribution >= 0.6 is 12.4 Å². The number of fused-ring (bicyclic) bond motifs is 1. The third-order valence-corrected chi connectivity index (χ3v) is 3.52. The van der Waals surface area contributed by atoms with E-state index in [1.165, 1.54) is 0 Å². The molecular weight excluding hydrogens is 318 g/mol. The first-order valence-electron chi connectivity index (χ1n) is 7.66. The van der Waals surface area contributed by atoms with Gasteiger partial charge in [0.15, 0.2) is 6.61 Å². The molecule has 0 bridgehead atoms. The third-order valence-electron chi connectivity index (χ3n) is 3.52. The number of amides is 2. The van der Waals surface area contributed by atoms with Crippen LogP contribution in [0.1, 0.15) is 19.3 Å². The standard InChI is InChI=1S/C16H23N3O3.ClH/c1-17-9-4-8-15(20)18-10-5-11-19-13-6-2-3-7-14(13)22-12-16(19)21;/h2-3,6-7,17H,4-5,8-12H2,1H3,(H,18,20);1H. The molecule has 23 heavy (non-hydrogen) atoms. The zero-order valence-electron chi connectivity index (χ0n) is 13.3. The number of halogens is 1. The fourth-order valence-electron chi connectivity index (χ4n) is 2.38. The molecule has 0 radical (unpaired) electrons. The molecule has 1 aliphatic rings. The third kappa shape index (κ3) is 5.73. The average Bonchev–Trinajstić information content (AvgIpc) is 2.53. The lowest BCUT2D eigenvalue weighted by Crippen LogP contribution is -2.40. The maximum Gasteiger partial charge on any atom is 0.265 e. The SMILES string of the molecule is CNCCCC(=O)NCCCN1C(=O)COc2ccccc21.Cl. The molecule has 7 heteroatoms. The minimum Gasteiger partial charge on any atom is -0.482 e. The summed E-state index contributed by atoms with van der Waals surface area (Å²) in [5.41, 5.74) is 0.805. The monoisotopic (exact) mass is 341 g/mol. The smallest absolute Gasteiger partial charge is 0.265 e. The first-order valence-corrected chi connectivity index (χ1v) is 7.66. The minimum absolute atomic E-state index is 0. The number of benzene rings is 1. The Kier molecular flexibility index (Phi) is 8.43. The number of anilines is 1. The van der Waals surface area contributed by atoms with Gasteiger partial charge in [0.1, 0.15) is 5.75 Å². The van der Waals surface area contributed by atoms with Gasteiger partial charge in [-0.2, -0.15) is 0 Å². The number of para-hydroxylation sites is 2. The lowest BCUT2D eigenvalue weighted by molar-refractivity contribution is -0.121. The maximum atomic E-state index is 12.0. The van der Waals surface area contributed by atoms with Gasteiger partial charge in [-0.15, -0.1) is 12.4 Å². The van der Waals surface area contributed by atoms with Gasteiger partial charge >= 0.3 is 0 Å². The topological polar surface area (TPSA) is 70.7 Å². The fraction of sp³-hybridized carbons (Fsp3) is 0.500. The van der Waals surface area contributed by atoms with Crippen molar-refractivity contribution in [3.8, 4) is 5.75 Å². The summed E-state index contributed by atoms with van der Waals surface area (Å²) in [6, 6.07) is 7.51. The normalized spacial score (nSPS) is 12.9. The highest BCUT2D eigenvalue weighted by molar-refractivity contribution is 5.97. The van der Waals surface area contributed by atoms with Crippen LogP contribution in [0.3, 0.4) is 0 Å². The number of carbonyl (C=O) groups is 2. The van der Waals surface area contributed by atoms with E-state index in [1.807, 2.05) is 31.3 Å². The molecule has 2 rings (SSSR count). The molecule has 1 heterocycles. The predicted molar refractivity (Wildman–Crippen MR) is 92.3 cm³/mol. The van der Waals surface area contributed by atoms with E-state index in [4.69, 9.17) is 4.74 Å². The summed E-state index contributed by atoms with van der Waals surface area (Å²) < 4.78 is 5.40. The lowest BCUT2D eigenvalue weighted by atomic mass is 10.2. The predicted octanol–water partition coefficient (Wildman–Crippen LogP) is 1.34. The van der Waals surface area contributed by atoms with Gasteiger partial charge in [-0.3, -0.25) is 9.59 Å². The van der Waals surface area contributed by atoms with Crippen molar-refractivity contribution in [1.29, 1.82) is 0 Å². The van der Waals surface area contributed by atoms with Gasteiger partial charge in [0.2, 0.25) is 5.91 Å². The molecule has 0 unspecified atom stereocenters. The zero-order chi connectivity index (χ0) is 15.8. The Balaban J connectivity index is 0.00000264. The molecule has 0 fully saturated rings. The highest BCUT2D eigenvalue weighted by Crippen LogP contribution is 2.31. The molecule has 0 aliphatic carbocycles. The van der Waals surface area contributed by atoms with Crippen molar-refractivity contribution in [2.24, 2.45) is 0 Å². The molecule has 0 saturated carbocycles. The van der Waals surface area contributed by atoms with E-state index in [0.29, 0.717) is 19.5 Å². The second-order valence-corrected chi connectivity index (χ2v) is 5.21. The highest BCUT2D eigenvalue weighted by Gasteiger charge is 2.24. The summed E-state index contributed by atoms with van der Waals surface area (Å²) in [7, 11) is 1.87. The van der Waals surface area contributed by atoms with E-state index < -0.39 is 0 Å². The van der Waals surface area contributed by atoms with Gasteiger partial charge in [0.05, 0.1) is 5.69 Å². The van der Waals surface area contributed by atoms with Gasteiger partial charge in [-0.25, -0.2) is 0 Å². The molecule has 1 aromatic rings. The summed E-state index contributed by atoms with van der Waals surface area (Å²) in [5, 5.41) is 5.90. The molecular formula is C16H24ClN3O3. The molecule has 2 N–H and O–H groups in total. The minimum atomic E-state index is -0.0425. The van der Waals surface area contributed by atoms with Gasteiger partial charge in [0, 0.05) is 19.5 Å². The van der Waals surface area contributed by atoms with Gasteiger partial charge in [0.25, 0.3) is 5.91 Å². The molecule has 0 aromatic heterocycles. The largest absolute Gasteiger partial charge is 0.482 e. The Labute approximate surface area is 143 Å². The van der Waals surface area contributed by atoms with Crippen molar-refractivity contribution < 1.29 is 14.3 Å². The van der Waals surface area contributed by atoms with E-state index in [-0.39, 0.29) is 30.8 Å². The number of hydrogen-bond donors (Lipinski definition) is 2. The Bertz CT molecular complexity index is 525. The first-order chi connectivity index (χ1) is 10.7. The van der Waals surface area contributed by atoms with Gasteiger partial charge in [-0.1, -0.05) is 12.1 Å². The van der Waals surface area contributed by atoms with E-state index in [0.717, 1.165) is 30.8 Å². The van der Waals surface area contributed by atoms with Crippen LogP contribution in [0.4, 0.5) is 5.69 Å². The van der Waals surface area contributed by atoms with E-state index in [1.54, 1.807) is 4.90 Å². The van der Waals surface area contributed by atoms with Crippen molar-refractivity contribution in [3.63, 3.8) is 0 Å². The fourth-order valence-corrected chi connectivity index (χ4v) is 2.38. The first kappa shape index (κ1) is 19.3. The number of rotatable bonds is 8. The summed E-state index contributed by atoms with van der Waals surface area (Å²) in [5.74, 6) is 0.751. The van der Waals surface area contributed by atoms with Crippen LogP contribution in [0.25, 0.3) is 0 Å². The van der Waals surface area contributed by atoms with Crippen LogP contribution in [0.5, 0.6) is 5.75 Å². The Morgan fingerprint density at radius 1 is 1.26 bits per heavy atom. The van der Waals surface area contributed by atoms with Crippen molar-refractivity contribution >= 4 is 29.9 Å². The summed E-state index contributed by atoms with van der Waals surface area (Å²) in [6.07, 6.45) is 2.08. The average molecular weight is 342 g/mol. The van der Waals surface area contributed by atoms with Crippen molar-refractivity contribution in [2.75, 3.05) is 38.2 Å². The summed E-state index contributed by atoms with van der Waals surface area (Å²) in [6.45, 7) is 2.07. The lowest BCUT2D eigenvalue weighted by Gasteiger charge is -2.29. The molecule has 0 spiro atoms. The quantitative estimate of drug-likeness (QED) is 0.700. The molecule has 0 atom stereocenters. The van der Waals surface area contributed by atoms with Crippen molar-refractivity contribution in [3.05, 3.63) is 24.3 Å². The Hall–Kier alpha value is -1.79. The second-order valence-electron chi connectivity index (χ2n) is 5.21. The van der Waals surface area contributed by atoms with Gasteiger partial charge < -0.3 is 20.3 Å². The Morgan fingerprint density at radius 2 is 2.04 bits per heavy atom. The van der Waals surface area contributed by atoms with E-state index >= 15 is 0 Å². The van der Waals surface area contributed by atoms with Crippen LogP contribution in [-0.4, -0.2) is 45.1 Å². The zero-order valence-corrected chi connectivity index (χ0v) is 14.2. The Morgan fingerprint density at radius 3 is 2.83 bits per heavy atom. The second kappa shape index (κ2) is 10.1. The summed E-state index contributed by atoms with van der Waals surface area (Å²) in [4.78, 5) is 25.3. The number of nitrogens with one attached hydrogen (secondary N) is 2. The number of hydrogen-bond acceptors (Lipinski definition) is 4. The number of carbonyl (C=O) groups excluding carboxylic acids is 2. The van der Waals surface area contributed by atoms with Crippen LogP contribution in [-0.2, 0) is 9.59 Å². The maximum absolute atomic E-state index is 12.0. The van der Waals surface area contributed by atoms with Crippen LogP contribution in [0, 0.1) is 0 Å². The van der Waals surface area contributed by atoms with Crippen LogP contribution in [0.2, 0.25) is 0 Å². The number of nitrogens with zero attached hydrogens (tertiary/aromatic N) is 1. The van der Waals surface area contributed by atoms with Gasteiger partial charge in [-0.05, 0) is 38.6 Å². The molecule has 1 aliphatic heterocycles. The molecule has 128 valence electrons. The highest BCUT2D eigenvalue weighted by atomic mass is 35.5. The number of ether oxygens (including phenoxy) is 1. The summed E-state index contributed by atoms with van der Waals surface area (Å²) >= 11 is 0. The van der Waals surface area contributed by atoms with E-state index in [2.05, 4.69) is 10.6 Å². The molecule has 0 saturated heterocycles. The molecule has 6 nitrogen and oxygen atoms in total. The molecule has 1 aromatic carbocycles. The van der Waals surface area contributed by atoms with E-state index in [9.17, 15) is 9.59 Å². The van der Waals surface area contributed by atoms with Crippen LogP contribution < -0.4 is 20.3 Å². The van der Waals surface area contributed by atoms with Crippen molar-refractivity contribution in [2.45, 2.75) is 19.3 Å². The van der Waals surface area contributed by atoms with Crippen LogP contribution in [0.15, 0.2) is 24.3 Å². The van der Waals surface area contributed by atoms with Crippen molar-refractivity contribution in [1.82, 2.24) is 10.6 Å². The molecule has 2 amide bonds.